The van der Waals surface area contributed by atoms with Crippen LogP contribution in [0.4, 0.5) is 5.69 Å². The van der Waals surface area contributed by atoms with Crippen molar-refractivity contribution in [2.24, 2.45) is 0 Å². The topological polar surface area (TPSA) is 88.2 Å². The molecule has 1 amide bonds. The summed E-state index contributed by atoms with van der Waals surface area (Å²) in [6, 6.07) is 16.5. The van der Waals surface area contributed by atoms with Crippen LogP contribution in [0.25, 0.3) is 0 Å². The number of sulfonamides is 1. The lowest BCUT2D eigenvalue weighted by molar-refractivity contribution is -0.116. The predicted octanol–water partition coefficient (Wildman–Crippen LogP) is 4.30. The molecule has 1 aromatic heterocycles. The number of thioether (sulfide) groups is 1. The molecule has 6 nitrogen and oxygen atoms in total. The minimum atomic E-state index is -3.64. The molecule has 0 fully saturated rings. The van der Waals surface area contributed by atoms with Crippen LogP contribution < -0.4 is 10.0 Å². The first kappa shape index (κ1) is 23.0. The van der Waals surface area contributed by atoms with E-state index in [1.165, 1.54) is 0 Å². The number of hydrogen-bond acceptors (Lipinski definition) is 5. The second-order valence-electron chi connectivity index (χ2n) is 7.12. The maximum absolute atomic E-state index is 12.4. The Balaban J connectivity index is 1.45. The fourth-order valence-corrected chi connectivity index (χ4v) is 4.72. The highest BCUT2D eigenvalue weighted by Gasteiger charge is 2.15. The van der Waals surface area contributed by atoms with Gasteiger partial charge in [0.1, 0.15) is 0 Å². The largest absolute Gasteiger partial charge is 0.326 e. The molecule has 3 rings (SSSR count). The number of aromatic nitrogens is 1. The van der Waals surface area contributed by atoms with Crippen LogP contribution in [-0.4, -0.2) is 25.9 Å². The Morgan fingerprint density at radius 2 is 1.81 bits per heavy atom. The Kier molecular flexibility index (Phi) is 7.84. The Morgan fingerprint density at radius 1 is 1.03 bits per heavy atom. The fourth-order valence-electron chi connectivity index (χ4n) is 2.77. The van der Waals surface area contributed by atoms with Gasteiger partial charge < -0.3 is 5.32 Å². The van der Waals surface area contributed by atoms with Gasteiger partial charge in [0, 0.05) is 41.7 Å². The molecule has 0 aliphatic carbocycles. The summed E-state index contributed by atoms with van der Waals surface area (Å²) in [6.07, 6.45) is 3.64. The van der Waals surface area contributed by atoms with E-state index in [9.17, 15) is 13.2 Å². The minimum Gasteiger partial charge on any atom is -0.326 e. The summed E-state index contributed by atoms with van der Waals surface area (Å²) in [4.78, 5) is 17.6. The van der Waals surface area contributed by atoms with Gasteiger partial charge in [0.05, 0.1) is 4.90 Å². The maximum atomic E-state index is 12.4. The van der Waals surface area contributed by atoms with Crippen LogP contribution in [0.5, 0.6) is 0 Å². The average Bonchev–Trinajstić information content (AvgIpc) is 2.75. The molecule has 2 N–H and O–H groups in total. The van der Waals surface area contributed by atoms with E-state index in [1.807, 2.05) is 56.4 Å². The van der Waals surface area contributed by atoms with E-state index in [0.29, 0.717) is 5.69 Å². The fraction of sp³-hybridized carbons (Fsp3) is 0.217. The van der Waals surface area contributed by atoms with Crippen molar-refractivity contribution in [1.29, 1.82) is 0 Å². The quantitative estimate of drug-likeness (QED) is 0.470. The number of nitrogens with zero attached hydrogens (tertiary/aromatic N) is 1. The molecule has 0 saturated carbocycles. The number of benzene rings is 2. The van der Waals surface area contributed by atoms with Gasteiger partial charge in [-0.15, -0.1) is 11.8 Å². The van der Waals surface area contributed by atoms with E-state index in [-0.39, 0.29) is 23.8 Å². The molecular formula is C23H25N3O3S2. The van der Waals surface area contributed by atoms with E-state index in [4.69, 9.17) is 0 Å². The summed E-state index contributed by atoms with van der Waals surface area (Å²) in [5.41, 5.74) is 3.75. The summed E-state index contributed by atoms with van der Waals surface area (Å²) in [5, 5.41) is 2.79. The van der Waals surface area contributed by atoms with Crippen molar-refractivity contribution in [1.82, 2.24) is 9.71 Å². The summed E-state index contributed by atoms with van der Waals surface area (Å²) in [5.74, 6) is 0.568. The van der Waals surface area contributed by atoms with Gasteiger partial charge in [-0.25, -0.2) is 13.1 Å². The monoisotopic (exact) mass is 455 g/mol. The maximum Gasteiger partial charge on any atom is 0.240 e. The summed E-state index contributed by atoms with van der Waals surface area (Å²) >= 11 is 1.69. The molecule has 0 atom stereocenters. The van der Waals surface area contributed by atoms with Gasteiger partial charge >= 0.3 is 0 Å². The first-order valence-electron chi connectivity index (χ1n) is 9.82. The SMILES string of the molecule is Cc1ccc(S(=O)(=O)NCCC(=O)Nc2ccc(SCc3cccnc3)cc2)cc1C. The Bertz CT molecular complexity index is 1130. The van der Waals surface area contributed by atoms with Gasteiger partial charge in [-0.2, -0.15) is 0 Å². The number of carbonyl (C=O) groups excluding carboxylic acids is 1. The molecule has 0 aliphatic rings. The molecular weight excluding hydrogens is 430 g/mol. The van der Waals surface area contributed by atoms with Crippen LogP contribution in [0.1, 0.15) is 23.1 Å². The smallest absolute Gasteiger partial charge is 0.240 e. The molecule has 2 aromatic carbocycles. The van der Waals surface area contributed by atoms with Crippen LogP contribution in [0.3, 0.4) is 0 Å². The molecule has 1 heterocycles. The van der Waals surface area contributed by atoms with Gasteiger partial charge in [-0.1, -0.05) is 12.1 Å². The van der Waals surface area contributed by atoms with Crippen molar-refractivity contribution in [2.75, 3.05) is 11.9 Å². The van der Waals surface area contributed by atoms with Crippen molar-refractivity contribution in [3.63, 3.8) is 0 Å². The van der Waals surface area contributed by atoms with E-state index >= 15 is 0 Å². The molecule has 0 bridgehead atoms. The van der Waals surface area contributed by atoms with Crippen molar-refractivity contribution >= 4 is 33.4 Å². The third-order valence-corrected chi connectivity index (χ3v) is 7.24. The third kappa shape index (κ3) is 6.92. The van der Waals surface area contributed by atoms with Crippen molar-refractivity contribution < 1.29 is 13.2 Å². The number of anilines is 1. The third-order valence-electron chi connectivity index (χ3n) is 4.70. The van der Waals surface area contributed by atoms with Crippen LogP contribution in [0.2, 0.25) is 0 Å². The first-order valence-corrected chi connectivity index (χ1v) is 12.3. The second-order valence-corrected chi connectivity index (χ2v) is 9.93. The molecule has 162 valence electrons. The van der Waals surface area contributed by atoms with E-state index in [1.54, 1.807) is 36.2 Å². The van der Waals surface area contributed by atoms with Crippen LogP contribution >= 0.6 is 11.8 Å². The van der Waals surface area contributed by atoms with Crippen molar-refractivity contribution in [2.45, 2.75) is 35.8 Å². The number of hydrogen-bond donors (Lipinski definition) is 2. The zero-order valence-corrected chi connectivity index (χ0v) is 19.1. The number of nitrogens with one attached hydrogen (secondary N) is 2. The Hall–Kier alpha value is -2.68. The molecule has 31 heavy (non-hydrogen) atoms. The van der Waals surface area contributed by atoms with E-state index < -0.39 is 10.0 Å². The first-order chi connectivity index (χ1) is 14.8. The summed E-state index contributed by atoms with van der Waals surface area (Å²) in [7, 11) is -3.64. The number of aryl methyl sites for hydroxylation is 2. The second kappa shape index (κ2) is 10.6. The number of amides is 1. The molecule has 0 spiro atoms. The van der Waals surface area contributed by atoms with E-state index in [0.717, 1.165) is 27.3 Å². The van der Waals surface area contributed by atoms with Gasteiger partial charge in [0.15, 0.2) is 0 Å². The van der Waals surface area contributed by atoms with Crippen molar-refractivity contribution in [3.05, 3.63) is 83.7 Å². The normalized spacial score (nSPS) is 11.3. The van der Waals surface area contributed by atoms with Crippen LogP contribution in [-0.2, 0) is 20.6 Å². The molecule has 0 unspecified atom stereocenters. The Morgan fingerprint density at radius 3 is 2.48 bits per heavy atom. The highest BCUT2D eigenvalue weighted by molar-refractivity contribution is 7.98. The summed E-state index contributed by atoms with van der Waals surface area (Å²) < 4.78 is 27.3. The van der Waals surface area contributed by atoms with Gasteiger partial charge in [0.25, 0.3) is 0 Å². The summed E-state index contributed by atoms with van der Waals surface area (Å²) in [6.45, 7) is 3.82. The van der Waals surface area contributed by atoms with Gasteiger partial charge in [0.2, 0.25) is 15.9 Å². The Labute approximate surface area is 187 Å². The zero-order chi connectivity index (χ0) is 22.3. The van der Waals surface area contributed by atoms with Crippen LogP contribution in [0, 0.1) is 13.8 Å². The minimum absolute atomic E-state index is 0.0279. The van der Waals surface area contributed by atoms with E-state index in [2.05, 4.69) is 15.0 Å². The lowest BCUT2D eigenvalue weighted by atomic mass is 10.1. The lowest BCUT2D eigenvalue weighted by Gasteiger charge is -2.09. The highest BCUT2D eigenvalue weighted by atomic mass is 32.2. The molecule has 3 aromatic rings. The molecule has 0 radical (unpaired) electrons. The average molecular weight is 456 g/mol. The van der Waals surface area contributed by atoms with Gasteiger partial charge in [-0.3, -0.25) is 9.78 Å². The zero-order valence-electron chi connectivity index (χ0n) is 17.5. The van der Waals surface area contributed by atoms with Crippen molar-refractivity contribution in [3.8, 4) is 0 Å². The predicted molar refractivity (Wildman–Crippen MR) is 125 cm³/mol. The van der Waals surface area contributed by atoms with Gasteiger partial charge in [-0.05, 0) is 73.0 Å². The number of rotatable bonds is 9. The molecule has 8 heteroatoms. The lowest BCUT2D eigenvalue weighted by Crippen LogP contribution is -2.28. The molecule has 0 aliphatic heterocycles. The highest BCUT2D eigenvalue weighted by Crippen LogP contribution is 2.24. The molecule has 0 saturated heterocycles. The number of pyridine rings is 1. The van der Waals surface area contributed by atoms with Crippen LogP contribution in [0.15, 0.2) is 76.8 Å². The number of carbonyl (C=O) groups is 1. The standard InChI is InChI=1S/C23H25N3O3S2/c1-17-5-10-22(14-18(17)2)31(28,29)25-13-11-23(27)26-20-6-8-21(9-7-20)30-16-19-4-3-12-24-15-19/h3-10,12,14-15,25H,11,13,16H2,1-2H3,(H,26,27).